The van der Waals surface area contributed by atoms with Crippen LogP contribution in [0.3, 0.4) is 0 Å². The van der Waals surface area contributed by atoms with E-state index in [0.717, 1.165) is 27.4 Å². The van der Waals surface area contributed by atoms with Crippen molar-refractivity contribution in [2.75, 3.05) is 0 Å². The molecular weight excluding hydrogens is 354 g/mol. The number of fused-ring (bicyclic) bond motifs is 2. The van der Waals surface area contributed by atoms with Crippen LogP contribution in [0.5, 0.6) is 5.75 Å². The second-order valence-electron chi connectivity index (χ2n) is 7.38. The Bertz CT molecular complexity index is 1150. The number of hydrogen-bond acceptors (Lipinski definition) is 5. The average Bonchev–Trinajstić information content (AvgIpc) is 3.26. The van der Waals surface area contributed by atoms with E-state index < -0.39 is 18.3 Å². The molecule has 4 atom stereocenters. The molecule has 3 aromatic heterocycles. The summed E-state index contributed by atoms with van der Waals surface area (Å²) in [4.78, 5) is 8.65. The molecule has 1 saturated carbocycles. The van der Waals surface area contributed by atoms with E-state index in [1.54, 1.807) is 18.6 Å². The third-order valence-corrected chi connectivity index (χ3v) is 5.71. The van der Waals surface area contributed by atoms with Gasteiger partial charge in [0.15, 0.2) is 0 Å². The van der Waals surface area contributed by atoms with Gasteiger partial charge in [0, 0.05) is 42.0 Å². The fourth-order valence-corrected chi connectivity index (χ4v) is 4.17. The Morgan fingerprint density at radius 1 is 1.04 bits per heavy atom. The predicted octanol–water partition coefficient (Wildman–Crippen LogP) is 3.01. The Hall–Kier alpha value is -2.96. The van der Waals surface area contributed by atoms with Crippen LogP contribution in [0.4, 0.5) is 0 Å². The zero-order valence-corrected chi connectivity index (χ0v) is 15.4. The van der Waals surface area contributed by atoms with Crippen LogP contribution >= 0.6 is 0 Å². The van der Waals surface area contributed by atoms with Crippen molar-refractivity contribution < 1.29 is 14.9 Å². The van der Waals surface area contributed by atoms with Crippen LogP contribution in [0.1, 0.15) is 18.0 Å². The molecule has 1 aliphatic carbocycles. The Morgan fingerprint density at radius 3 is 2.82 bits per heavy atom. The first-order chi connectivity index (χ1) is 13.6. The van der Waals surface area contributed by atoms with Crippen LogP contribution in [-0.2, 0) is 0 Å². The molecule has 6 nitrogen and oxygen atoms in total. The number of aromatic nitrogens is 3. The van der Waals surface area contributed by atoms with E-state index >= 15 is 0 Å². The minimum Gasteiger partial charge on any atom is -0.487 e. The number of benzene rings is 1. The van der Waals surface area contributed by atoms with Gasteiger partial charge in [0.25, 0.3) is 0 Å². The molecule has 1 aliphatic rings. The zero-order chi connectivity index (χ0) is 19.3. The summed E-state index contributed by atoms with van der Waals surface area (Å²) in [6.45, 7) is 2.04. The van der Waals surface area contributed by atoms with Crippen LogP contribution in [0.25, 0.3) is 21.8 Å². The first kappa shape index (κ1) is 17.2. The standard InChI is InChI=1S/C22H21N3O3/c1-13-5-9-24-22-15(13)7-10-25(22)17-11-19(21(27)20(17)26)28-18-4-2-3-14-6-8-23-12-16(14)18/h2-10,12,17,19-21,26-27H,11H2,1H3/t17?,19-,20-,21+/m0/s1. The van der Waals surface area contributed by atoms with Gasteiger partial charge in [-0.2, -0.15) is 0 Å². The third kappa shape index (κ3) is 2.65. The number of rotatable bonds is 3. The molecule has 0 spiro atoms. The van der Waals surface area contributed by atoms with Crippen molar-refractivity contribution in [2.45, 2.75) is 37.7 Å². The number of aliphatic hydroxyl groups is 2. The molecule has 1 unspecified atom stereocenters. The van der Waals surface area contributed by atoms with E-state index in [1.165, 1.54) is 0 Å². The third-order valence-electron chi connectivity index (χ3n) is 5.71. The van der Waals surface area contributed by atoms with Gasteiger partial charge >= 0.3 is 0 Å². The summed E-state index contributed by atoms with van der Waals surface area (Å²) < 4.78 is 8.10. The van der Waals surface area contributed by atoms with Crippen LogP contribution in [0.2, 0.25) is 0 Å². The summed E-state index contributed by atoms with van der Waals surface area (Å²) in [5.74, 6) is 0.661. The van der Waals surface area contributed by atoms with Crippen LogP contribution < -0.4 is 4.74 Å². The Morgan fingerprint density at radius 2 is 1.93 bits per heavy atom. The minimum atomic E-state index is -0.987. The van der Waals surface area contributed by atoms with Crippen molar-refractivity contribution >= 4 is 21.8 Å². The maximum absolute atomic E-state index is 10.7. The van der Waals surface area contributed by atoms with Gasteiger partial charge in [-0.3, -0.25) is 4.98 Å². The fourth-order valence-electron chi connectivity index (χ4n) is 4.17. The second-order valence-corrected chi connectivity index (χ2v) is 7.38. The lowest BCUT2D eigenvalue weighted by atomic mass is 10.1. The molecule has 0 aliphatic heterocycles. The number of aryl methyl sites for hydroxylation is 1. The first-order valence-electron chi connectivity index (χ1n) is 9.41. The SMILES string of the molecule is Cc1ccnc2c1ccn2C1C[C@H](Oc2cccc3ccncc23)[C@@H](O)[C@H]1O. The van der Waals surface area contributed by atoms with E-state index in [1.807, 2.05) is 54.1 Å². The summed E-state index contributed by atoms with van der Waals surface area (Å²) >= 11 is 0. The Balaban J connectivity index is 1.47. The molecule has 4 aromatic rings. The molecule has 3 heterocycles. The van der Waals surface area contributed by atoms with Gasteiger partial charge in [0.05, 0.1) is 6.04 Å². The van der Waals surface area contributed by atoms with E-state index in [-0.39, 0.29) is 6.04 Å². The highest BCUT2D eigenvalue weighted by Crippen LogP contribution is 2.37. The Kier molecular flexibility index (Phi) is 4.03. The minimum absolute atomic E-state index is 0.306. The van der Waals surface area contributed by atoms with Gasteiger partial charge in [-0.05, 0) is 42.1 Å². The summed E-state index contributed by atoms with van der Waals surface area (Å²) in [7, 11) is 0. The van der Waals surface area contributed by atoms with Gasteiger partial charge in [0.2, 0.25) is 0 Å². The molecule has 0 radical (unpaired) electrons. The second kappa shape index (κ2) is 6.58. The predicted molar refractivity (Wildman–Crippen MR) is 106 cm³/mol. The summed E-state index contributed by atoms with van der Waals surface area (Å²) in [6, 6.07) is 11.4. The molecular formula is C22H21N3O3. The van der Waals surface area contributed by atoms with Crippen LogP contribution in [0.15, 0.2) is 61.2 Å². The number of aliphatic hydroxyl groups excluding tert-OH is 2. The molecule has 0 amide bonds. The van der Waals surface area contributed by atoms with Crippen LogP contribution in [0, 0.1) is 6.92 Å². The summed E-state index contributed by atoms with van der Waals surface area (Å²) in [5.41, 5.74) is 1.94. The number of pyridine rings is 2. The maximum Gasteiger partial charge on any atom is 0.140 e. The normalized spacial score (nSPS) is 24.8. The lowest BCUT2D eigenvalue weighted by Crippen LogP contribution is -2.34. The van der Waals surface area contributed by atoms with Gasteiger partial charge in [-0.25, -0.2) is 4.98 Å². The average molecular weight is 375 g/mol. The van der Waals surface area contributed by atoms with Crippen molar-refractivity contribution in [2.24, 2.45) is 0 Å². The summed E-state index contributed by atoms with van der Waals surface area (Å²) in [5, 5.41) is 24.4. The molecule has 0 bridgehead atoms. The number of nitrogens with zero attached hydrogens (tertiary/aromatic N) is 3. The highest BCUT2D eigenvalue weighted by Gasteiger charge is 2.44. The van der Waals surface area contributed by atoms with Crippen molar-refractivity contribution in [3.05, 3.63) is 66.7 Å². The van der Waals surface area contributed by atoms with Crippen molar-refractivity contribution in [3.8, 4) is 5.75 Å². The number of hydrogen-bond donors (Lipinski definition) is 2. The quantitative estimate of drug-likeness (QED) is 0.575. The van der Waals surface area contributed by atoms with Crippen molar-refractivity contribution in [1.82, 2.24) is 14.5 Å². The Labute approximate surface area is 162 Å². The first-order valence-corrected chi connectivity index (χ1v) is 9.41. The van der Waals surface area contributed by atoms with E-state index in [9.17, 15) is 10.2 Å². The molecule has 1 aromatic carbocycles. The highest BCUT2D eigenvalue weighted by molar-refractivity contribution is 5.87. The topological polar surface area (TPSA) is 80.4 Å². The lowest BCUT2D eigenvalue weighted by Gasteiger charge is -2.19. The molecule has 2 N–H and O–H groups in total. The van der Waals surface area contributed by atoms with E-state index in [4.69, 9.17) is 4.74 Å². The van der Waals surface area contributed by atoms with E-state index in [2.05, 4.69) is 9.97 Å². The van der Waals surface area contributed by atoms with Gasteiger partial charge in [-0.1, -0.05) is 12.1 Å². The number of ether oxygens (including phenoxy) is 1. The molecule has 1 fully saturated rings. The highest BCUT2D eigenvalue weighted by atomic mass is 16.5. The zero-order valence-electron chi connectivity index (χ0n) is 15.4. The molecule has 0 saturated heterocycles. The van der Waals surface area contributed by atoms with Gasteiger partial charge in [0.1, 0.15) is 29.7 Å². The van der Waals surface area contributed by atoms with Crippen molar-refractivity contribution in [1.29, 1.82) is 0 Å². The monoisotopic (exact) mass is 375 g/mol. The molecule has 142 valence electrons. The summed E-state index contributed by atoms with van der Waals surface area (Å²) in [6.07, 6.45) is 5.23. The molecule has 5 rings (SSSR count). The molecule has 6 heteroatoms. The van der Waals surface area contributed by atoms with Crippen LogP contribution in [-0.4, -0.2) is 43.1 Å². The van der Waals surface area contributed by atoms with Gasteiger partial charge < -0.3 is 19.5 Å². The largest absolute Gasteiger partial charge is 0.487 e. The fraction of sp³-hybridized carbons (Fsp3) is 0.273. The maximum atomic E-state index is 10.7. The molecule has 28 heavy (non-hydrogen) atoms. The van der Waals surface area contributed by atoms with Gasteiger partial charge in [-0.15, -0.1) is 0 Å². The van der Waals surface area contributed by atoms with E-state index in [0.29, 0.717) is 12.2 Å². The smallest absolute Gasteiger partial charge is 0.140 e. The van der Waals surface area contributed by atoms with Crippen molar-refractivity contribution in [3.63, 3.8) is 0 Å². The lowest BCUT2D eigenvalue weighted by molar-refractivity contribution is -0.0160.